The van der Waals surface area contributed by atoms with E-state index < -0.39 is 10.0 Å². The molecule has 0 aliphatic rings. The molecule has 9 heteroatoms. The molecule has 1 unspecified atom stereocenters. The zero-order valence-corrected chi connectivity index (χ0v) is 16.4. The summed E-state index contributed by atoms with van der Waals surface area (Å²) in [6.45, 7) is 2.63. The highest BCUT2D eigenvalue weighted by molar-refractivity contribution is 7.91. The van der Waals surface area contributed by atoms with E-state index in [0.29, 0.717) is 21.7 Å². The van der Waals surface area contributed by atoms with Crippen LogP contribution in [-0.4, -0.2) is 34.5 Å². The molecule has 0 aliphatic carbocycles. The Balaban J connectivity index is 1.82. The van der Waals surface area contributed by atoms with E-state index in [9.17, 15) is 8.42 Å². The van der Waals surface area contributed by atoms with Gasteiger partial charge in [0.25, 0.3) is 0 Å². The SMILES string of the molecule is CN=C(NCCNS(=O)(=O)c1cccs1)NC(C)c1ccccc1Cl. The van der Waals surface area contributed by atoms with E-state index in [-0.39, 0.29) is 12.6 Å². The number of nitrogens with one attached hydrogen (secondary N) is 3. The largest absolute Gasteiger partial charge is 0.355 e. The molecule has 0 bridgehead atoms. The number of thiophene rings is 1. The van der Waals surface area contributed by atoms with Crippen molar-refractivity contribution >= 4 is 38.9 Å². The van der Waals surface area contributed by atoms with Crippen molar-refractivity contribution in [1.82, 2.24) is 15.4 Å². The minimum atomic E-state index is -3.44. The maximum atomic E-state index is 12.0. The fraction of sp³-hybridized carbons (Fsp3) is 0.312. The van der Waals surface area contributed by atoms with E-state index in [0.717, 1.165) is 5.56 Å². The molecule has 6 nitrogen and oxygen atoms in total. The second kappa shape index (κ2) is 9.19. The summed E-state index contributed by atoms with van der Waals surface area (Å²) in [5.41, 5.74) is 0.963. The second-order valence-electron chi connectivity index (χ2n) is 5.22. The van der Waals surface area contributed by atoms with Crippen molar-refractivity contribution in [2.24, 2.45) is 4.99 Å². The van der Waals surface area contributed by atoms with Crippen LogP contribution in [0.15, 0.2) is 51.0 Å². The van der Waals surface area contributed by atoms with E-state index in [4.69, 9.17) is 11.6 Å². The van der Waals surface area contributed by atoms with Crippen LogP contribution in [0.3, 0.4) is 0 Å². The van der Waals surface area contributed by atoms with Crippen molar-refractivity contribution in [3.63, 3.8) is 0 Å². The van der Waals surface area contributed by atoms with Gasteiger partial charge in [0.05, 0.1) is 6.04 Å². The Kier molecular flexibility index (Phi) is 7.24. The van der Waals surface area contributed by atoms with Crippen LogP contribution in [-0.2, 0) is 10.0 Å². The lowest BCUT2D eigenvalue weighted by Gasteiger charge is -2.19. The maximum Gasteiger partial charge on any atom is 0.250 e. The average molecular weight is 401 g/mol. The molecule has 0 aliphatic heterocycles. The minimum Gasteiger partial charge on any atom is -0.355 e. The van der Waals surface area contributed by atoms with Gasteiger partial charge in [0.2, 0.25) is 10.0 Å². The highest BCUT2D eigenvalue weighted by atomic mass is 35.5. The van der Waals surface area contributed by atoms with Crippen LogP contribution in [0.2, 0.25) is 5.02 Å². The molecule has 0 saturated carbocycles. The standard InChI is InChI=1S/C16H21ClN4O2S2/c1-12(13-6-3-4-7-14(13)17)21-16(18-2)19-9-10-20-25(22,23)15-8-5-11-24-15/h3-8,11-12,20H,9-10H2,1-2H3,(H2,18,19,21). The fourth-order valence-corrected chi connectivity index (χ4v) is 4.53. The van der Waals surface area contributed by atoms with Crippen LogP contribution in [0.4, 0.5) is 0 Å². The summed E-state index contributed by atoms with van der Waals surface area (Å²) in [6, 6.07) is 10.8. The molecule has 2 aromatic rings. The monoisotopic (exact) mass is 400 g/mol. The number of nitrogens with zero attached hydrogens (tertiary/aromatic N) is 1. The van der Waals surface area contributed by atoms with E-state index >= 15 is 0 Å². The molecule has 0 amide bonds. The van der Waals surface area contributed by atoms with Crippen molar-refractivity contribution in [3.8, 4) is 0 Å². The van der Waals surface area contributed by atoms with Crippen molar-refractivity contribution in [2.75, 3.05) is 20.1 Å². The zero-order chi connectivity index (χ0) is 18.3. The summed E-state index contributed by atoms with van der Waals surface area (Å²) in [7, 11) is -1.79. The quantitative estimate of drug-likeness (QED) is 0.379. The molecule has 1 aromatic heterocycles. The first-order chi connectivity index (χ1) is 11.9. The first-order valence-corrected chi connectivity index (χ1v) is 10.4. The summed E-state index contributed by atoms with van der Waals surface area (Å²) < 4.78 is 26.9. The Morgan fingerprint density at radius 3 is 2.64 bits per heavy atom. The van der Waals surface area contributed by atoms with E-state index in [2.05, 4.69) is 20.3 Å². The lowest BCUT2D eigenvalue weighted by atomic mass is 10.1. The average Bonchev–Trinajstić information content (AvgIpc) is 3.13. The Morgan fingerprint density at radius 2 is 2.00 bits per heavy atom. The maximum absolute atomic E-state index is 12.0. The van der Waals surface area contributed by atoms with Crippen molar-refractivity contribution in [1.29, 1.82) is 0 Å². The number of rotatable bonds is 7. The van der Waals surface area contributed by atoms with Crippen molar-refractivity contribution < 1.29 is 8.42 Å². The molecular formula is C16H21ClN4O2S2. The molecule has 2 rings (SSSR count). The molecule has 136 valence electrons. The first kappa shape index (κ1) is 19.7. The molecule has 1 heterocycles. The molecule has 3 N–H and O–H groups in total. The van der Waals surface area contributed by atoms with Crippen LogP contribution in [0.25, 0.3) is 0 Å². The highest BCUT2D eigenvalue weighted by Crippen LogP contribution is 2.21. The minimum absolute atomic E-state index is 0.0392. The lowest BCUT2D eigenvalue weighted by molar-refractivity contribution is 0.582. The van der Waals surface area contributed by atoms with Gasteiger partial charge < -0.3 is 10.6 Å². The number of guanidine groups is 1. The number of aliphatic imine (C=N–C) groups is 1. The van der Waals surface area contributed by atoms with Gasteiger partial charge in [-0.3, -0.25) is 4.99 Å². The normalized spacial score (nSPS) is 13.5. The van der Waals surface area contributed by atoms with Gasteiger partial charge in [-0.2, -0.15) is 0 Å². The molecule has 0 saturated heterocycles. The molecule has 1 atom stereocenters. The third-order valence-electron chi connectivity index (χ3n) is 3.42. The number of halogens is 1. The smallest absolute Gasteiger partial charge is 0.250 e. The predicted octanol–water partition coefficient (Wildman–Crippen LogP) is 2.61. The molecule has 1 aromatic carbocycles. The molecule has 0 radical (unpaired) electrons. The number of hydrogen-bond acceptors (Lipinski definition) is 4. The Bertz CT molecular complexity index is 807. The van der Waals surface area contributed by atoms with Gasteiger partial charge in [-0.25, -0.2) is 13.1 Å². The summed E-state index contributed by atoms with van der Waals surface area (Å²) >= 11 is 7.38. The summed E-state index contributed by atoms with van der Waals surface area (Å²) in [4.78, 5) is 4.14. The van der Waals surface area contributed by atoms with E-state index in [1.54, 1.807) is 24.6 Å². The predicted molar refractivity (Wildman–Crippen MR) is 104 cm³/mol. The van der Waals surface area contributed by atoms with Gasteiger partial charge in [-0.1, -0.05) is 35.9 Å². The molecule has 0 fully saturated rings. The van der Waals surface area contributed by atoms with E-state index in [1.807, 2.05) is 31.2 Å². The zero-order valence-electron chi connectivity index (χ0n) is 14.0. The van der Waals surface area contributed by atoms with Gasteiger partial charge in [0.15, 0.2) is 5.96 Å². The van der Waals surface area contributed by atoms with Crippen molar-refractivity contribution in [2.45, 2.75) is 17.2 Å². The third kappa shape index (κ3) is 5.71. The van der Waals surface area contributed by atoms with Crippen LogP contribution >= 0.6 is 22.9 Å². The van der Waals surface area contributed by atoms with Gasteiger partial charge in [0.1, 0.15) is 4.21 Å². The highest BCUT2D eigenvalue weighted by Gasteiger charge is 2.14. The molecular weight excluding hydrogens is 380 g/mol. The number of hydrogen-bond donors (Lipinski definition) is 3. The van der Waals surface area contributed by atoms with Gasteiger partial charge >= 0.3 is 0 Å². The van der Waals surface area contributed by atoms with E-state index in [1.165, 1.54) is 11.3 Å². The summed E-state index contributed by atoms with van der Waals surface area (Å²) in [5.74, 6) is 0.572. The van der Waals surface area contributed by atoms with Gasteiger partial charge in [-0.05, 0) is 30.0 Å². The topological polar surface area (TPSA) is 82.6 Å². The van der Waals surface area contributed by atoms with Crippen LogP contribution < -0.4 is 15.4 Å². The van der Waals surface area contributed by atoms with Gasteiger partial charge in [0, 0.05) is 25.2 Å². The molecule has 25 heavy (non-hydrogen) atoms. The Morgan fingerprint density at radius 1 is 1.24 bits per heavy atom. The summed E-state index contributed by atoms with van der Waals surface area (Å²) in [5, 5.41) is 8.72. The van der Waals surface area contributed by atoms with Crippen LogP contribution in [0, 0.1) is 0 Å². The number of benzene rings is 1. The van der Waals surface area contributed by atoms with Crippen LogP contribution in [0.5, 0.6) is 0 Å². The van der Waals surface area contributed by atoms with Crippen LogP contribution in [0.1, 0.15) is 18.5 Å². The first-order valence-electron chi connectivity index (χ1n) is 7.69. The van der Waals surface area contributed by atoms with Crippen molar-refractivity contribution in [3.05, 3.63) is 52.4 Å². The second-order valence-corrected chi connectivity index (χ2v) is 8.57. The van der Waals surface area contributed by atoms with Gasteiger partial charge in [-0.15, -0.1) is 11.3 Å². The number of sulfonamides is 1. The summed E-state index contributed by atoms with van der Waals surface area (Å²) in [6.07, 6.45) is 0. The Hall–Kier alpha value is -1.61. The Labute approximate surface area is 157 Å². The lowest BCUT2D eigenvalue weighted by Crippen LogP contribution is -2.42. The third-order valence-corrected chi connectivity index (χ3v) is 6.62. The fourth-order valence-electron chi connectivity index (χ4n) is 2.16. The molecule has 0 spiro atoms.